The van der Waals surface area contributed by atoms with Crippen LogP contribution in [0.3, 0.4) is 0 Å². The van der Waals surface area contributed by atoms with Gasteiger partial charge in [0.2, 0.25) is 5.91 Å². The molecule has 47 heavy (non-hydrogen) atoms. The zero-order chi connectivity index (χ0) is 35.2. The monoisotopic (exact) mass is 687 g/mol. The lowest BCUT2D eigenvalue weighted by Gasteiger charge is -2.42. The van der Waals surface area contributed by atoms with Gasteiger partial charge in [-0.3, -0.25) is 24.8 Å². The highest BCUT2D eigenvalue weighted by Crippen LogP contribution is 2.56. The molecule has 3 rings (SSSR count). The summed E-state index contributed by atoms with van der Waals surface area (Å²) in [6, 6.07) is 3.42. The van der Waals surface area contributed by atoms with Gasteiger partial charge in [0.25, 0.3) is 5.69 Å². The molecule has 1 aromatic rings. The molecule has 17 nitrogen and oxygen atoms in total. The minimum Gasteiger partial charge on any atom is -0.444 e. The molecular weight excluding hydrogens is 645 g/mol. The molecule has 0 aliphatic carbocycles. The molecule has 18 heteroatoms. The van der Waals surface area contributed by atoms with E-state index in [-0.39, 0.29) is 37.0 Å². The number of amides is 2. The number of nitrogens with zero attached hydrogens (tertiary/aromatic N) is 1. The second-order valence-corrected chi connectivity index (χ2v) is 14.0. The Balaban J connectivity index is 2.09. The Labute approximate surface area is 272 Å². The first-order chi connectivity index (χ1) is 21.9. The van der Waals surface area contributed by atoms with E-state index in [1.165, 1.54) is 25.1 Å². The molecule has 2 aliphatic heterocycles. The first-order valence-electron chi connectivity index (χ1n) is 14.8. The van der Waals surface area contributed by atoms with Crippen molar-refractivity contribution in [3.05, 3.63) is 46.2 Å². The molecule has 5 atom stereocenters. The quantitative estimate of drug-likeness (QED) is 0.102. The number of alkyl carbamates (subject to hydrolysis) is 1. The van der Waals surface area contributed by atoms with Crippen LogP contribution in [0, 0.1) is 10.1 Å². The predicted molar refractivity (Wildman–Crippen MR) is 163 cm³/mol. The number of hydrogen-bond donors (Lipinski definition) is 2. The number of carbonyl (C=O) groups is 3. The summed E-state index contributed by atoms with van der Waals surface area (Å²) in [4.78, 5) is 49.1. The van der Waals surface area contributed by atoms with Crippen LogP contribution in [-0.4, -0.2) is 84.5 Å². The minimum absolute atomic E-state index is 0.0224. The van der Waals surface area contributed by atoms with Crippen LogP contribution in [0.15, 0.2) is 36.0 Å². The summed E-state index contributed by atoms with van der Waals surface area (Å²) in [5.41, 5.74) is -1.16. The standard InChI is InChI=1S/C29H42N3O14P/c1-9-40-47(38,41-10-2)22-15-20(31-26(34)46-28(4,5)6)23(30-17(3)33)25(43-22)24(21-16-39-29(7,8)45-21)44-27(35)42-19-13-11-18(12-14-19)32(36)37/h11-15,21-25H,9-10,16H2,1-8H3,(H,30,33)(H,31,34). The number of benzene rings is 1. The van der Waals surface area contributed by atoms with Crippen LogP contribution in [-0.2, 0) is 42.1 Å². The summed E-state index contributed by atoms with van der Waals surface area (Å²) < 4.78 is 59.6. The van der Waals surface area contributed by atoms with Crippen molar-refractivity contribution in [1.82, 2.24) is 10.6 Å². The topological polar surface area (TPSA) is 209 Å². The van der Waals surface area contributed by atoms with E-state index in [4.69, 9.17) is 37.5 Å². The number of non-ortho nitro benzene ring substituents is 1. The third kappa shape index (κ3) is 10.7. The molecule has 5 unspecified atom stereocenters. The molecule has 1 saturated heterocycles. The first-order valence-corrected chi connectivity index (χ1v) is 16.4. The van der Waals surface area contributed by atoms with Gasteiger partial charge in [-0.05, 0) is 66.7 Å². The number of hydrogen-bond acceptors (Lipinski definition) is 14. The van der Waals surface area contributed by atoms with E-state index in [0.29, 0.717) is 0 Å². The Morgan fingerprint density at radius 1 is 1.13 bits per heavy atom. The second-order valence-electron chi connectivity index (χ2n) is 11.8. The van der Waals surface area contributed by atoms with E-state index in [1.807, 2.05) is 0 Å². The molecule has 1 fully saturated rings. The van der Waals surface area contributed by atoms with Crippen LogP contribution in [0.2, 0.25) is 0 Å². The Kier molecular flexibility index (Phi) is 12.5. The molecule has 1 aromatic carbocycles. The highest BCUT2D eigenvalue weighted by molar-refractivity contribution is 7.54. The number of nitro groups is 1. The molecule has 0 saturated carbocycles. The summed E-state index contributed by atoms with van der Waals surface area (Å²) in [7, 11) is -4.12. The first kappa shape index (κ1) is 37.9. The Morgan fingerprint density at radius 2 is 1.74 bits per heavy atom. The van der Waals surface area contributed by atoms with Crippen LogP contribution in [0.4, 0.5) is 15.3 Å². The van der Waals surface area contributed by atoms with Crippen molar-refractivity contribution in [2.75, 3.05) is 19.8 Å². The van der Waals surface area contributed by atoms with Crippen molar-refractivity contribution < 1.29 is 61.3 Å². The maximum Gasteiger partial charge on any atom is 0.514 e. The van der Waals surface area contributed by atoms with Gasteiger partial charge >= 0.3 is 19.8 Å². The average molecular weight is 688 g/mol. The lowest BCUT2D eigenvalue weighted by molar-refractivity contribution is -0.384. The van der Waals surface area contributed by atoms with Crippen molar-refractivity contribution >= 4 is 31.4 Å². The van der Waals surface area contributed by atoms with E-state index in [0.717, 1.165) is 12.1 Å². The van der Waals surface area contributed by atoms with E-state index in [9.17, 15) is 29.1 Å². The fourth-order valence-corrected chi connectivity index (χ4v) is 6.43. The highest BCUT2D eigenvalue weighted by atomic mass is 31.2. The Morgan fingerprint density at radius 3 is 2.23 bits per heavy atom. The second kappa shape index (κ2) is 15.5. The molecule has 2 heterocycles. The third-order valence-electron chi connectivity index (χ3n) is 6.42. The van der Waals surface area contributed by atoms with Crippen molar-refractivity contribution in [3.8, 4) is 5.75 Å². The van der Waals surface area contributed by atoms with Gasteiger partial charge in [0.05, 0.1) is 30.8 Å². The zero-order valence-corrected chi connectivity index (χ0v) is 28.4. The number of rotatable bonds is 12. The molecular formula is C29H42N3O14P. The lowest BCUT2D eigenvalue weighted by Crippen LogP contribution is -2.60. The highest BCUT2D eigenvalue weighted by Gasteiger charge is 2.52. The summed E-state index contributed by atoms with van der Waals surface area (Å²) in [5.74, 6) is -3.25. The van der Waals surface area contributed by atoms with E-state index in [2.05, 4.69) is 10.6 Å². The fraction of sp³-hybridized carbons (Fsp3) is 0.621. The number of carbonyl (C=O) groups excluding carboxylic acids is 3. The summed E-state index contributed by atoms with van der Waals surface area (Å²) in [6.45, 7) is 12.4. The van der Waals surface area contributed by atoms with Gasteiger partial charge in [-0.15, -0.1) is 0 Å². The molecule has 2 amide bonds. The average Bonchev–Trinajstić information content (AvgIpc) is 3.31. The van der Waals surface area contributed by atoms with Gasteiger partial charge in [0.1, 0.15) is 23.6 Å². The van der Waals surface area contributed by atoms with Crippen molar-refractivity contribution in [2.24, 2.45) is 0 Å². The van der Waals surface area contributed by atoms with Gasteiger partial charge in [-0.1, -0.05) is 0 Å². The van der Waals surface area contributed by atoms with Crippen LogP contribution in [0.5, 0.6) is 5.75 Å². The third-order valence-corrected chi connectivity index (χ3v) is 8.55. The molecule has 0 aromatic heterocycles. The maximum atomic E-state index is 14.0. The lowest BCUT2D eigenvalue weighted by atomic mass is 9.95. The SMILES string of the molecule is CCOP(=O)(OCC)C1C=C(NC(=O)OC(C)(C)C)C(NC(C)=O)C(C(OC(=O)Oc2ccc([N+](=O)[O-])cc2)C2COC(C)(C)O2)O1. The molecule has 262 valence electrons. The smallest absolute Gasteiger partial charge is 0.444 e. The van der Waals surface area contributed by atoms with Crippen LogP contribution >= 0.6 is 7.60 Å². The number of nitro benzene ring substituents is 1. The van der Waals surface area contributed by atoms with Crippen LogP contribution in [0.25, 0.3) is 0 Å². The van der Waals surface area contributed by atoms with Gasteiger partial charge in [0.15, 0.2) is 17.7 Å². The summed E-state index contributed by atoms with van der Waals surface area (Å²) in [6.07, 6.45) is -4.83. The Hall–Kier alpha value is -3.60. The van der Waals surface area contributed by atoms with Gasteiger partial charge < -0.3 is 42.8 Å². The van der Waals surface area contributed by atoms with Crippen LogP contribution in [0.1, 0.15) is 55.4 Å². The fourth-order valence-electron chi connectivity index (χ4n) is 4.71. The molecule has 0 bridgehead atoms. The maximum absolute atomic E-state index is 14.0. The number of ether oxygens (including phenoxy) is 6. The molecule has 2 N–H and O–H groups in total. The molecule has 2 aliphatic rings. The zero-order valence-electron chi connectivity index (χ0n) is 27.5. The largest absolute Gasteiger partial charge is 0.514 e. The van der Waals surface area contributed by atoms with Crippen LogP contribution < -0.4 is 15.4 Å². The van der Waals surface area contributed by atoms with Crippen molar-refractivity contribution in [1.29, 1.82) is 0 Å². The van der Waals surface area contributed by atoms with Gasteiger partial charge in [-0.25, -0.2) is 9.59 Å². The number of nitrogens with one attached hydrogen (secondary N) is 2. The van der Waals surface area contributed by atoms with Crippen molar-refractivity contribution in [2.45, 2.75) is 97.0 Å². The minimum atomic E-state index is -4.12. The van der Waals surface area contributed by atoms with E-state index < -0.39 is 72.3 Å². The Bertz CT molecular complexity index is 1370. The normalized spacial score (nSPS) is 23.2. The summed E-state index contributed by atoms with van der Waals surface area (Å²) >= 11 is 0. The molecule has 0 spiro atoms. The summed E-state index contributed by atoms with van der Waals surface area (Å²) in [5, 5.41) is 16.3. The van der Waals surface area contributed by atoms with Gasteiger partial charge in [0, 0.05) is 24.8 Å². The van der Waals surface area contributed by atoms with E-state index in [1.54, 1.807) is 48.5 Å². The molecule has 0 radical (unpaired) electrons. The van der Waals surface area contributed by atoms with Crippen molar-refractivity contribution in [3.63, 3.8) is 0 Å². The van der Waals surface area contributed by atoms with Gasteiger partial charge in [-0.2, -0.15) is 0 Å². The van der Waals surface area contributed by atoms with E-state index >= 15 is 0 Å². The predicted octanol–water partition coefficient (Wildman–Crippen LogP) is 4.53.